The molecule has 0 fully saturated rings. The molecule has 0 aliphatic heterocycles. The van der Waals surface area contributed by atoms with Gasteiger partial charge in [0.25, 0.3) is 0 Å². The molecule has 0 aliphatic rings. The van der Waals surface area contributed by atoms with Gasteiger partial charge in [-0.1, -0.05) is 0 Å². The third kappa shape index (κ3) is 8.43. The minimum absolute atomic E-state index is 0. The number of hydrogen-bond donors (Lipinski definition) is 0. The first-order chi connectivity index (χ1) is 5.72. The van der Waals surface area contributed by atoms with Crippen molar-refractivity contribution >= 4 is 11.8 Å². The monoisotopic (exact) mass is 315 g/mol. The molecule has 0 bridgehead atoms. The number of esters is 1. The Hall–Kier alpha value is -0.170. The maximum atomic E-state index is 11.1. The number of ketones is 1. The number of rotatable bonds is 4. The molecular weight excluding hydrogens is 297 g/mol. The zero-order chi connectivity index (χ0) is 10.6. The lowest BCUT2D eigenvalue weighted by Gasteiger charge is -2.27. The topological polar surface area (TPSA) is 43.4 Å². The van der Waals surface area contributed by atoms with E-state index in [-0.39, 0.29) is 29.8 Å². The van der Waals surface area contributed by atoms with E-state index in [1.807, 2.05) is 21.1 Å². The quantitative estimate of drug-likeness (QED) is 0.320. The van der Waals surface area contributed by atoms with Gasteiger partial charge in [-0.15, -0.1) is 0 Å². The molecule has 0 spiro atoms. The molecule has 0 aromatic rings. The van der Waals surface area contributed by atoms with Gasteiger partial charge in [-0.2, -0.15) is 0 Å². The zero-order valence-electron chi connectivity index (χ0n) is 9.33. The molecule has 0 saturated heterocycles. The Kier molecular flexibility index (Phi) is 7.37. The van der Waals surface area contributed by atoms with Crippen LogP contribution in [0.15, 0.2) is 0 Å². The SMILES string of the molecule is CC(=O)OC(C[N+](C)(C)C)C(C)=O.[I-]. The number of hydrogen-bond acceptors (Lipinski definition) is 3. The number of ether oxygens (including phenoxy) is 1. The maximum Gasteiger partial charge on any atom is 0.303 e. The van der Waals surface area contributed by atoms with E-state index in [2.05, 4.69) is 0 Å². The molecule has 84 valence electrons. The molecule has 0 heterocycles. The standard InChI is InChI=1S/C9H18NO3.HI/c1-7(11)9(13-8(2)12)6-10(3,4)5;/h9H,6H2,1-5H3;1H/q+1;/p-1. The highest BCUT2D eigenvalue weighted by Gasteiger charge is 2.24. The summed E-state index contributed by atoms with van der Waals surface area (Å²) in [5.41, 5.74) is 0. The summed E-state index contributed by atoms with van der Waals surface area (Å²) in [6.45, 7) is 3.25. The molecule has 1 unspecified atom stereocenters. The van der Waals surface area contributed by atoms with Gasteiger partial charge in [-0.3, -0.25) is 9.59 Å². The van der Waals surface area contributed by atoms with Gasteiger partial charge in [0, 0.05) is 6.92 Å². The third-order valence-electron chi connectivity index (χ3n) is 1.48. The summed E-state index contributed by atoms with van der Waals surface area (Å²) in [7, 11) is 5.83. The van der Waals surface area contributed by atoms with Gasteiger partial charge < -0.3 is 33.2 Å². The van der Waals surface area contributed by atoms with Crippen LogP contribution in [0.2, 0.25) is 0 Å². The van der Waals surface area contributed by atoms with Crippen LogP contribution < -0.4 is 24.0 Å². The van der Waals surface area contributed by atoms with Crippen LogP contribution in [0.25, 0.3) is 0 Å². The summed E-state index contributed by atoms with van der Waals surface area (Å²) >= 11 is 0. The molecule has 4 nitrogen and oxygen atoms in total. The second-order valence-corrected chi connectivity index (χ2v) is 4.18. The predicted octanol–water partition coefficient (Wildman–Crippen LogP) is -2.78. The highest BCUT2D eigenvalue weighted by atomic mass is 127. The largest absolute Gasteiger partial charge is 1.00 e. The van der Waals surface area contributed by atoms with Crippen molar-refractivity contribution in [1.82, 2.24) is 0 Å². The van der Waals surface area contributed by atoms with E-state index in [4.69, 9.17) is 4.74 Å². The lowest BCUT2D eigenvalue weighted by atomic mass is 10.2. The number of nitrogens with zero attached hydrogens (tertiary/aromatic N) is 1. The number of quaternary nitrogens is 1. The predicted molar refractivity (Wildman–Crippen MR) is 49.1 cm³/mol. The Morgan fingerprint density at radius 1 is 1.21 bits per heavy atom. The van der Waals surface area contributed by atoms with E-state index in [9.17, 15) is 9.59 Å². The van der Waals surface area contributed by atoms with Crippen molar-refractivity contribution in [2.24, 2.45) is 0 Å². The highest BCUT2D eigenvalue weighted by Crippen LogP contribution is 2.01. The molecule has 0 amide bonds. The summed E-state index contributed by atoms with van der Waals surface area (Å²) in [5.74, 6) is -0.517. The van der Waals surface area contributed by atoms with Gasteiger partial charge in [0.05, 0.1) is 21.1 Å². The van der Waals surface area contributed by atoms with Crippen LogP contribution in [0.1, 0.15) is 13.8 Å². The first-order valence-corrected chi connectivity index (χ1v) is 4.20. The van der Waals surface area contributed by atoms with Gasteiger partial charge >= 0.3 is 5.97 Å². The number of likely N-dealkylation sites (N-methyl/N-ethyl adjacent to an activating group) is 1. The van der Waals surface area contributed by atoms with Gasteiger partial charge in [-0.05, 0) is 6.92 Å². The van der Waals surface area contributed by atoms with Crippen molar-refractivity contribution in [3.63, 3.8) is 0 Å². The molecule has 0 saturated carbocycles. The molecule has 1 atom stereocenters. The van der Waals surface area contributed by atoms with E-state index in [0.29, 0.717) is 11.0 Å². The van der Waals surface area contributed by atoms with Crippen molar-refractivity contribution in [2.75, 3.05) is 27.7 Å². The summed E-state index contributed by atoms with van der Waals surface area (Å²) in [4.78, 5) is 21.7. The minimum atomic E-state index is -0.613. The lowest BCUT2D eigenvalue weighted by Crippen LogP contribution is -3.00. The normalized spacial score (nSPS) is 12.6. The summed E-state index contributed by atoms with van der Waals surface area (Å²) in [6, 6.07) is 0. The Labute approximate surface area is 102 Å². The van der Waals surface area contributed by atoms with Gasteiger partial charge in [-0.25, -0.2) is 0 Å². The fourth-order valence-corrected chi connectivity index (χ4v) is 0.947. The molecule has 0 aromatic heterocycles. The van der Waals surface area contributed by atoms with Crippen LogP contribution in [0.4, 0.5) is 0 Å². The van der Waals surface area contributed by atoms with E-state index in [1.165, 1.54) is 13.8 Å². The highest BCUT2D eigenvalue weighted by molar-refractivity contribution is 5.83. The number of Topliss-reactive ketones (excluding diaryl/α,β-unsaturated/α-hetero) is 1. The molecule has 0 radical (unpaired) electrons. The Morgan fingerprint density at radius 2 is 1.64 bits per heavy atom. The summed E-state index contributed by atoms with van der Waals surface area (Å²) in [6.07, 6.45) is -0.613. The smallest absolute Gasteiger partial charge is 0.303 e. The van der Waals surface area contributed by atoms with E-state index in [0.717, 1.165) is 0 Å². The van der Waals surface area contributed by atoms with Gasteiger partial charge in [0.15, 0.2) is 5.78 Å². The maximum absolute atomic E-state index is 11.1. The van der Waals surface area contributed by atoms with Gasteiger partial charge in [0.2, 0.25) is 6.10 Å². The molecular formula is C9H18INO3. The van der Waals surface area contributed by atoms with Crippen LogP contribution in [-0.4, -0.2) is 50.0 Å². The molecule has 0 aliphatic carbocycles. The zero-order valence-corrected chi connectivity index (χ0v) is 11.5. The summed E-state index contributed by atoms with van der Waals surface area (Å²) in [5, 5.41) is 0. The Morgan fingerprint density at radius 3 is 1.86 bits per heavy atom. The van der Waals surface area contributed by atoms with Crippen molar-refractivity contribution in [3.05, 3.63) is 0 Å². The van der Waals surface area contributed by atoms with Crippen molar-refractivity contribution in [2.45, 2.75) is 20.0 Å². The van der Waals surface area contributed by atoms with E-state index >= 15 is 0 Å². The van der Waals surface area contributed by atoms with Gasteiger partial charge in [0.1, 0.15) is 6.54 Å². The fraction of sp³-hybridized carbons (Fsp3) is 0.778. The van der Waals surface area contributed by atoms with Crippen molar-refractivity contribution in [3.8, 4) is 0 Å². The molecule has 14 heavy (non-hydrogen) atoms. The van der Waals surface area contributed by atoms with Crippen LogP contribution >= 0.6 is 0 Å². The van der Waals surface area contributed by atoms with Crippen LogP contribution in [0.5, 0.6) is 0 Å². The first kappa shape index (κ1) is 16.3. The Balaban J connectivity index is 0. The minimum Gasteiger partial charge on any atom is -1.00 e. The molecule has 0 rings (SSSR count). The molecule has 0 aromatic carbocycles. The van der Waals surface area contributed by atoms with Crippen molar-refractivity contribution < 1.29 is 42.8 Å². The van der Waals surface area contributed by atoms with E-state index in [1.54, 1.807) is 0 Å². The average molecular weight is 315 g/mol. The first-order valence-electron chi connectivity index (χ1n) is 4.20. The summed E-state index contributed by atoms with van der Waals surface area (Å²) < 4.78 is 5.48. The van der Waals surface area contributed by atoms with Crippen LogP contribution in [0.3, 0.4) is 0 Å². The lowest BCUT2D eigenvalue weighted by molar-refractivity contribution is -0.872. The van der Waals surface area contributed by atoms with E-state index < -0.39 is 12.1 Å². The number of carbonyl (C=O) groups is 2. The van der Waals surface area contributed by atoms with Crippen LogP contribution in [-0.2, 0) is 14.3 Å². The number of carbonyl (C=O) groups excluding carboxylic acids is 2. The molecule has 0 N–H and O–H groups in total. The Bertz CT molecular complexity index is 211. The second kappa shape index (κ2) is 6.34. The average Bonchev–Trinajstić information content (AvgIpc) is 1.81. The third-order valence-corrected chi connectivity index (χ3v) is 1.48. The van der Waals surface area contributed by atoms with Crippen LogP contribution in [0, 0.1) is 0 Å². The fourth-order valence-electron chi connectivity index (χ4n) is 0.947. The second-order valence-electron chi connectivity index (χ2n) is 4.18. The number of halogens is 1. The van der Waals surface area contributed by atoms with Crippen molar-refractivity contribution in [1.29, 1.82) is 0 Å². The molecule has 5 heteroatoms.